The fourth-order valence-electron chi connectivity index (χ4n) is 4.29. The van der Waals surface area contributed by atoms with Crippen molar-refractivity contribution in [2.75, 3.05) is 27.2 Å². The third-order valence-electron chi connectivity index (χ3n) is 5.57. The molecule has 0 bridgehead atoms. The molecule has 3 heteroatoms. The van der Waals surface area contributed by atoms with E-state index in [2.05, 4.69) is 26.2 Å². The van der Waals surface area contributed by atoms with Gasteiger partial charge in [-0.3, -0.25) is 4.79 Å². The highest BCUT2D eigenvalue weighted by molar-refractivity contribution is 5.78. The van der Waals surface area contributed by atoms with Crippen LogP contribution in [0.15, 0.2) is 30.3 Å². The lowest BCUT2D eigenvalue weighted by Crippen LogP contribution is -2.38. The predicted octanol–water partition coefficient (Wildman–Crippen LogP) is 3.74. The first-order chi connectivity index (χ1) is 11.1. The summed E-state index contributed by atoms with van der Waals surface area (Å²) in [7, 11) is 4.42. The average Bonchev–Trinajstić information content (AvgIpc) is 2.88. The van der Waals surface area contributed by atoms with Crippen molar-refractivity contribution in [3.05, 3.63) is 35.9 Å². The minimum atomic E-state index is -0.0762. The molecule has 2 unspecified atom stereocenters. The Morgan fingerprint density at radius 2 is 1.78 bits per heavy atom. The van der Waals surface area contributed by atoms with Crippen LogP contribution in [0.2, 0.25) is 0 Å². The molecule has 1 heterocycles. The second-order valence-electron chi connectivity index (χ2n) is 7.98. The number of quaternary nitrogens is 1. The normalized spacial score (nSPS) is 25.9. The Hall–Kier alpha value is -1.35. The quantitative estimate of drug-likeness (QED) is 0.625. The summed E-state index contributed by atoms with van der Waals surface area (Å²) in [4.78, 5) is 13.0. The topological polar surface area (TPSA) is 26.3 Å². The van der Waals surface area contributed by atoms with Crippen LogP contribution < -0.4 is 0 Å². The van der Waals surface area contributed by atoms with Crippen LogP contribution >= 0.6 is 0 Å². The molecule has 0 amide bonds. The van der Waals surface area contributed by atoms with E-state index in [-0.39, 0.29) is 18.0 Å². The van der Waals surface area contributed by atoms with Crippen molar-refractivity contribution in [1.82, 2.24) is 0 Å². The van der Waals surface area contributed by atoms with Crippen LogP contribution in [0.4, 0.5) is 0 Å². The minimum Gasteiger partial charge on any atom is -0.456 e. The monoisotopic (exact) mass is 316 g/mol. The van der Waals surface area contributed by atoms with Crippen LogP contribution in [0, 0.1) is 5.92 Å². The fraction of sp³-hybridized carbons (Fsp3) is 0.650. The zero-order valence-corrected chi connectivity index (χ0v) is 14.5. The number of carbonyl (C=O) groups excluding carboxylic acids is 1. The SMILES string of the molecule is C[N+]1(C)CCC(OC(=O)C(c2ccccc2)C2CCCCC2)C1. The molecule has 0 aromatic heterocycles. The van der Waals surface area contributed by atoms with Crippen molar-refractivity contribution >= 4 is 5.97 Å². The lowest BCUT2D eigenvalue weighted by atomic mass is 9.77. The molecule has 2 aliphatic rings. The average molecular weight is 316 g/mol. The first kappa shape index (κ1) is 16.5. The van der Waals surface area contributed by atoms with Gasteiger partial charge in [0.1, 0.15) is 6.54 Å². The molecule has 126 valence electrons. The molecule has 0 N–H and O–H groups in total. The van der Waals surface area contributed by atoms with Gasteiger partial charge in [-0.1, -0.05) is 49.6 Å². The van der Waals surface area contributed by atoms with E-state index in [1.54, 1.807) is 0 Å². The molecule has 2 fully saturated rings. The fourth-order valence-corrected chi connectivity index (χ4v) is 4.29. The largest absolute Gasteiger partial charge is 0.456 e. The summed E-state index contributed by atoms with van der Waals surface area (Å²) >= 11 is 0. The van der Waals surface area contributed by atoms with Gasteiger partial charge in [0, 0.05) is 6.42 Å². The molecule has 1 aromatic carbocycles. The maximum atomic E-state index is 13.0. The molecule has 1 aliphatic heterocycles. The highest BCUT2D eigenvalue weighted by Crippen LogP contribution is 2.37. The third kappa shape index (κ3) is 4.14. The number of nitrogens with zero attached hydrogens (tertiary/aromatic N) is 1. The number of ether oxygens (including phenoxy) is 1. The van der Waals surface area contributed by atoms with E-state index in [0.717, 1.165) is 42.4 Å². The molecule has 0 radical (unpaired) electrons. The summed E-state index contributed by atoms with van der Waals surface area (Å²) in [5.74, 6) is 0.380. The van der Waals surface area contributed by atoms with Crippen molar-refractivity contribution < 1.29 is 14.0 Å². The van der Waals surface area contributed by atoms with Gasteiger partial charge in [-0.25, -0.2) is 0 Å². The minimum absolute atomic E-state index is 0.00926. The zero-order valence-electron chi connectivity index (χ0n) is 14.5. The van der Waals surface area contributed by atoms with E-state index in [9.17, 15) is 4.79 Å². The molecular formula is C20H30NO2+. The van der Waals surface area contributed by atoms with E-state index in [1.165, 1.54) is 19.3 Å². The van der Waals surface area contributed by atoms with Crippen LogP contribution in [0.1, 0.15) is 50.0 Å². The predicted molar refractivity (Wildman–Crippen MR) is 92.1 cm³/mol. The Bertz CT molecular complexity index is 520. The van der Waals surface area contributed by atoms with Gasteiger partial charge in [-0.2, -0.15) is 0 Å². The molecule has 3 nitrogen and oxygen atoms in total. The Balaban J connectivity index is 1.73. The van der Waals surface area contributed by atoms with Gasteiger partial charge in [0.15, 0.2) is 6.10 Å². The number of carbonyl (C=O) groups is 1. The van der Waals surface area contributed by atoms with E-state index in [4.69, 9.17) is 4.74 Å². The van der Waals surface area contributed by atoms with E-state index in [1.807, 2.05) is 18.2 Å². The van der Waals surface area contributed by atoms with Crippen molar-refractivity contribution in [2.24, 2.45) is 5.92 Å². The van der Waals surface area contributed by atoms with E-state index < -0.39 is 0 Å². The third-order valence-corrected chi connectivity index (χ3v) is 5.57. The smallest absolute Gasteiger partial charge is 0.314 e. The van der Waals surface area contributed by atoms with Gasteiger partial charge in [0.05, 0.1) is 26.6 Å². The number of hydrogen-bond acceptors (Lipinski definition) is 2. The second kappa shape index (κ2) is 7.04. The first-order valence-electron chi connectivity index (χ1n) is 9.13. The van der Waals surface area contributed by atoms with Crippen LogP contribution in [-0.2, 0) is 9.53 Å². The molecule has 0 spiro atoms. The summed E-state index contributed by atoms with van der Waals surface area (Å²) in [6, 6.07) is 10.3. The summed E-state index contributed by atoms with van der Waals surface area (Å²) in [5, 5.41) is 0. The van der Waals surface area contributed by atoms with Crippen molar-refractivity contribution in [3.63, 3.8) is 0 Å². The number of esters is 1. The van der Waals surface area contributed by atoms with Gasteiger partial charge >= 0.3 is 5.97 Å². The molecule has 23 heavy (non-hydrogen) atoms. The Labute approximate surface area is 140 Å². The van der Waals surface area contributed by atoms with E-state index in [0.29, 0.717) is 5.92 Å². The molecule has 1 aromatic rings. The second-order valence-corrected chi connectivity index (χ2v) is 7.98. The number of rotatable bonds is 4. The van der Waals surface area contributed by atoms with Gasteiger partial charge in [-0.15, -0.1) is 0 Å². The van der Waals surface area contributed by atoms with Crippen molar-refractivity contribution in [2.45, 2.75) is 50.5 Å². The van der Waals surface area contributed by atoms with Gasteiger partial charge < -0.3 is 9.22 Å². The molecule has 1 saturated heterocycles. The molecule has 3 rings (SSSR count). The first-order valence-corrected chi connectivity index (χ1v) is 9.13. The Morgan fingerprint density at radius 3 is 2.39 bits per heavy atom. The number of likely N-dealkylation sites (N-methyl/N-ethyl adjacent to an activating group) is 1. The maximum Gasteiger partial charge on any atom is 0.314 e. The number of likely N-dealkylation sites (tertiary alicyclic amines) is 1. The van der Waals surface area contributed by atoms with Gasteiger partial charge in [-0.05, 0) is 24.3 Å². The van der Waals surface area contributed by atoms with Gasteiger partial charge in [0.25, 0.3) is 0 Å². The Kier molecular flexibility index (Phi) is 5.05. The highest BCUT2D eigenvalue weighted by Gasteiger charge is 2.37. The van der Waals surface area contributed by atoms with Gasteiger partial charge in [0.2, 0.25) is 0 Å². The number of benzene rings is 1. The lowest BCUT2D eigenvalue weighted by molar-refractivity contribution is -0.879. The molecule has 2 atom stereocenters. The maximum absolute atomic E-state index is 13.0. The summed E-state index contributed by atoms with van der Waals surface area (Å²) in [6.45, 7) is 2.04. The zero-order chi connectivity index (χ0) is 16.3. The van der Waals surface area contributed by atoms with Crippen LogP contribution in [0.5, 0.6) is 0 Å². The van der Waals surface area contributed by atoms with Crippen molar-refractivity contribution in [1.29, 1.82) is 0 Å². The molecular weight excluding hydrogens is 286 g/mol. The standard InChI is InChI=1S/C20H30NO2/c1-21(2)14-13-18(15-21)23-20(22)19(16-9-5-3-6-10-16)17-11-7-4-8-12-17/h3,5-6,9-10,17-19H,4,7-8,11-15H2,1-2H3/q+1. The lowest BCUT2D eigenvalue weighted by Gasteiger charge is -2.30. The molecule has 1 saturated carbocycles. The van der Waals surface area contributed by atoms with Crippen LogP contribution in [-0.4, -0.2) is 43.7 Å². The summed E-state index contributed by atoms with van der Waals surface area (Å²) in [5.41, 5.74) is 1.14. The van der Waals surface area contributed by atoms with Crippen LogP contribution in [0.25, 0.3) is 0 Å². The summed E-state index contributed by atoms with van der Waals surface area (Å²) < 4.78 is 6.92. The van der Waals surface area contributed by atoms with E-state index >= 15 is 0 Å². The summed E-state index contributed by atoms with van der Waals surface area (Å²) in [6.07, 6.45) is 7.18. The van der Waals surface area contributed by atoms with Crippen molar-refractivity contribution in [3.8, 4) is 0 Å². The molecule has 1 aliphatic carbocycles. The Morgan fingerprint density at radius 1 is 1.09 bits per heavy atom. The van der Waals surface area contributed by atoms with Crippen LogP contribution in [0.3, 0.4) is 0 Å². The number of hydrogen-bond donors (Lipinski definition) is 0. The highest BCUT2D eigenvalue weighted by atomic mass is 16.5.